The lowest BCUT2D eigenvalue weighted by molar-refractivity contribution is -0.122. The second-order valence-corrected chi connectivity index (χ2v) is 6.52. The van der Waals surface area contributed by atoms with Gasteiger partial charge in [-0.1, -0.05) is 12.1 Å². The largest absolute Gasteiger partial charge is 0.348 e. The SMILES string of the molecule is C[C@H](NC(=O)Cn1c(Cl)nc2c1c(=O)n(C)c(=O)n2C)c1ccc(F)cc1. The Morgan fingerprint density at radius 1 is 1.22 bits per heavy atom. The number of rotatable bonds is 4. The summed E-state index contributed by atoms with van der Waals surface area (Å²) in [6.45, 7) is 1.50. The number of nitrogens with zero attached hydrogens (tertiary/aromatic N) is 4. The van der Waals surface area contributed by atoms with Crippen LogP contribution in [0.4, 0.5) is 4.39 Å². The van der Waals surface area contributed by atoms with Gasteiger partial charge >= 0.3 is 5.69 Å². The summed E-state index contributed by atoms with van der Waals surface area (Å²) in [4.78, 5) is 40.9. The van der Waals surface area contributed by atoms with Crippen LogP contribution in [0.5, 0.6) is 0 Å². The summed E-state index contributed by atoms with van der Waals surface area (Å²) in [6.07, 6.45) is 0. The average Bonchev–Trinajstić information content (AvgIpc) is 2.95. The van der Waals surface area contributed by atoms with Crippen LogP contribution in [0, 0.1) is 5.82 Å². The molecule has 0 fully saturated rings. The first-order valence-corrected chi connectivity index (χ1v) is 8.45. The predicted octanol–water partition coefficient (Wildman–Crippen LogP) is 1.10. The van der Waals surface area contributed by atoms with E-state index in [1.54, 1.807) is 19.1 Å². The maximum absolute atomic E-state index is 13.0. The van der Waals surface area contributed by atoms with Gasteiger partial charge in [-0.15, -0.1) is 0 Å². The lowest BCUT2D eigenvalue weighted by atomic mass is 10.1. The van der Waals surface area contributed by atoms with E-state index in [4.69, 9.17) is 11.6 Å². The van der Waals surface area contributed by atoms with Crippen molar-refractivity contribution in [1.82, 2.24) is 24.0 Å². The molecule has 2 aromatic heterocycles. The lowest BCUT2D eigenvalue weighted by Crippen LogP contribution is -2.38. The predicted molar refractivity (Wildman–Crippen MR) is 98.2 cm³/mol. The molecule has 0 bridgehead atoms. The fourth-order valence-electron chi connectivity index (χ4n) is 2.83. The van der Waals surface area contributed by atoms with Crippen LogP contribution in [-0.2, 0) is 25.4 Å². The number of nitrogens with one attached hydrogen (secondary N) is 1. The normalized spacial score (nSPS) is 12.3. The molecule has 142 valence electrons. The van der Waals surface area contributed by atoms with Gasteiger partial charge in [0.15, 0.2) is 11.2 Å². The first-order valence-electron chi connectivity index (χ1n) is 8.07. The number of benzene rings is 1. The highest BCUT2D eigenvalue weighted by Gasteiger charge is 2.20. The van der Waals surface area contributed by atoms with Crippen LogP contribution in [-0.4, -0.2) is 24.6 Å². The molecule has 2 heterocycles. The van der Waals surface area contributed by atoms with Crippen LogP contribution in [0.1, 0.15) is 18.5 Å². The second-order valence-electron chi connectivity index (χ2n) is 6.19. The molecule has 0 aliphatic rings. The smallest absolute Gasteiger partial charge is 0.332 e. The molecule has 0 aliphatic carbocycles. The van der Waals surface area contributed by atoms with Crippen LogP contribution < -0.4 is 16.6 Å². The summed E-state index contributed by atoms with van der Waals surface area (Å²) in [5, 5.41) is 2.68. The molecule has 0 saturated carbocycles. The summed E-state index contributed by atoms with van der Waals surface area (Å²) < 4.78 is 16.4. The number of halogens is 2. The Morgan fingerprint density at radius 3 is 2.48 bits per heavy atom. The van der Waals surface area contributed by atoms with Crippen molar-refractivity contribution in [3.05, 3.63) is 61.8 Å². The van der Waals surface area contributed by atoms with Crippen LogP contribution in [0.25, 0.3) is 11.2 Å². The maximum Gasteiger partial charge on any atom is 0.332 e. The van der Waals surface area contributed by atoms with E-state index < -0.39 is 17.2 Å². The van der Waals surface area contributed by atoms with Crippen molar-refractivity contribution in [2.45, 2.75) is 19.5 Å². The summed E-state index contributed by atoms with van der Waals surface area (Å²) in [5.74, 6) is -0.778. The average molecular weight is 394 g/mol. The molecule has 0 saturated heterocycles. The van der Waals surface area contributed by atoms with E-state index >= 15 is 0 Å². The monoisotopic (exact) mass is 393 g/mol. The van der Waals surface area contributed by atoms with Crippen molar-refractivity contribution in [1.29, 1.82) is 0 Å². The Labute approximate surface area is 157 Å². The van der Waals surface area contributed by atoms with Crippen molar-refractivity contribution < 1.29 is 9.18 Å². The molecule has 0 aliphatic heterocycles. The molecule has 1 amide bonds. The van der Waals surface area contributed by atoms with Gasteiger partial charge in [0.05, 0.1) is 6.04 Å². The number of amides is 1. The van der Waals surface area contributed by atoms with Crippen LogP contribution >= 0.6 is 11.6 Å². The fourth-order valence-corrected chi connectivity index (χ4v) is 3.05. The Kier molecular flexibility index (Phi) is 4.88. The van der Waals surface area contributed by atoms with E-state index in [0.29, 0.717) is 0 Å². The zero-order valence-electron chi connectivity index (χ0n) is 14.9. The van der Waals surface area contributed by atoms with Crippen LogP contribution in [0.3, 0.4) is 0 Å². The fraction of sp³-hybridized carbons (Fsp3) is 0.294. The lowest BCUT2D eigenvalue weighted by Gasteiger charge is -2.15. The van der Waals surface area contributed by atoms with Gasteiger partial charge < -0.3 is 5.32 Å². The standard InChI is InChI=1S/C17H17ClFN5O3/c1-9(10-4-6-11(19)7-5-10)20-12(25)8-24-13-14(21-16(24)18)22(2)17(27)23(3)15(13)26/h4-7,9H,8H2,1-3H3,(H,20,25)/t9-/m0/s1. The second kappa shape index (κ2) is 6.99. The van der Waals surface area contributed by atoms with Gasteiger partial charge in [0.2, 0.25) is 11.2 Å². The van der Waals surface area contributed by atoms with Gasteiger partial charge in [-0.25, -0.2) is 9.18 Å². The quantitative estimate of drug-likeness (QED) is 0.672. The van der Waals surface area contributed by atoms with Gasteiger partial charge in [0.25, 0.3) is 5.56 Å². The van der Waals surface area contributed by atoms with E-state index in [-0.39, 0.29) is 34.9 Å². The summed E-state index contributed by atoms with van der Waals surface area (Å²) >= 11 is 6.10. The highest BCUT2D eigenvalue weighted by atomic mass is 35.5. The highest BCUT2D eigenvalue weighted by Crippen LogP contribution is 2.16. The summed E-state index contributed by atoms with van der Waals surface area (Å²) in [7, 11) is 2.81. The maximum atomic E-state index is 13.0. The van der Waals surface area contributed by atoms with E-state index in [0.717, 1.165) is 10.1 Å². The van der Waals surface area contributed by atoms with Gasteiger partial charge in [0, 0.05) is 14.1 Å². The molecule has 1 atom stereocenters. The first-order chi connectivity index (χ1) is 12.7. The zero-order chi connectivity index (χ0) is 19.9. The number of imidazole rings is 1. The molecule has 0 spiro atoms. The van der Waals surface area contributed by atoms with Crippen molar-refractivity contribution in [2.24, 2.45) is 14.1 Å². The van der Waals surface area contributed by atoms with Gasteiger partial charge in [-0.05, 0) is 36.2 Å². The third kappa shape index (κ3) is 3.37. The van der Waals surface area contributed by atoms with Crippen molar-refractivity contribution in [3.8, 4) is 0 Å². The minimum atomic E-state index is -0.591. The Morgan fingerprint density at radius 2 is 1.85 bits per heavy atom. The van der Waals surface area contributed by atoms with E-state index in [2.05, 4.69) is 10.3 Å². The number of aromatic nitrogens is 4. The number of aryl methyl sites for hydroxylation is 1. The third-order valence-corrected chi connectivity index (χ3v) is 4.64. The minimum absolute atomic E-state index is 0.0641. The Balaban J connectivity index is 1.91. The number of hydrogen-bond acceptors (Lipinski definition) is 4. The molecule has 10 heteroatoms. The molecular formula is C17H17ClFN5O3. The topological polar surface area (TPSA) is 90.9 Å². The van der Waals surface area contributed by atoms with E-state index in [1.807, 2.05) is 0 Å². The van der Waals surface area contributed by atoms with E-state index in [1.165, 1.54) is 35.4 Å². The minimum Gasteiger partial charge on any atom is -0.348 e. The first kappa shape index (κ1) is 18.8. The van der Waals surface area contributed by atoms with Crippen LogP contribution in [0.15, 0.2) is 33.9 Å². The molecule has 0 radical (unpaired) electrons. The van der Waals surface area contributed by atoms with E-state index in [9.17, 15) is 18.8 Å². The highest BCUT2D eigenvalue weighted by molar-refractivity contribution is 6.29. The van der Waals surface area contributed by atoms with Gasteiger partial charge in [0.1, 0.15) is 12.4 Å². The molecule has 3 rings (SSSR count). The molecule has 1 N–H and O–H groups in total. The molecule has 1 aromatic carbocycles. The van der Waals surface area contributed by atoms with Gasteiger partial charge in [-0.2, -0.15) is 4.98 Å². The van der Waals surface area contributed by atoms with Crippen molar-refractivity contribution in [3.63, 3.8) is 0 Å². The number of fused-ring (bicyclic) bond motifs is 1. The Bertz CT molecular complexity index is 1150. The molecule has 8 nitrogen and oxygen atoms in total. The molecular weight excluding hydrogens is 377 g/mol. The molecule has 0 unspecified atom stereocenters. The van der Waals surface area contributed by atoms with Crippen molar-refractivity contribution in [2.75, 3.05) is 0 Å². The molecule has 3 aromatic rings. The zero-order valence-corrected chi connectivity index (χ0v) is 15.6. The van der Waals surface area contributed by atoms with Crippen molar-refractivity contribution >= 4 is 28.7 Å². The summed E-state index contributed by atoms with van der Waals surface area (Å²) in [5.41, 5.74) is -0.235. The number of hydrogen-bond donors (Lipinski definition) is 1. The third-order valence-electron chi connectivity index (χ3n) is 4.35. The summed E-state index contributed by atoms with van der Waals surface area (Å²) in [6, 6.07) is 5.39. The number of carbonyl (C=O) groups excluding carboxylic acids is 1. The molecule has 27 heavy (non-hydrogen) atoms. The Hall–Kier alpha value is -2.94. The van der Waals surface area contributed by atoms with Gasteiger partial charge in [-0.3, -0.25) is 23.3 Å². The van der Waals surface area contributed by atoms with Crippen LogP contribution in [0.2, 0.25) is 5.28 Å². The number of carbonyl (C=O) groups is 1.